The molecule has 2 heterocycles. The van der Waals surface area contributed by atoms with Gasteiger partial charge >= 0.3 is 0 Å². The van der Waals surface area contributed by atoms with Crippen molar-refractivity contribution in [3.8, 4) is 11.3 Å². The smallest absolute Gasteiger partial charge is 0.224 e. The molecule has 0 spiro atoms. The minimum Gasteiger partial charge on any atom is -0.348 e. The summed E-state index contributed by atoms with van der Waals surface area (Å²) in [5.74, 6) is 0.0319. The maximum absolute atomic E-state index is 11.5. The van der Waals surface area contributed by atoms with Gasteiger partial charge in [-0.25, -0.2) is 4.98 Å². The molecule has 0 saturated carbocycles. The highest BCUT2D eigenvalue weighted by atomic mass is 32.1. The highest BCUT2D eigenvalue weighted by Gasteiger charge is 2.15. The van der Waals surface area contributed by atoms with Crippen LogP contribution in [0.25, 0.3) is 11.3 Å². The van der Waals surface area contributed by atoms with E-state index in [-0.39, 0.29) is 5.91 Å². The van der Waals surface area contributed by atoms with Crippen molar-refractivity contribution >= 4 is 28.1 Å². The third kappa shape index (κ3) is 3.47. The van der Waals surface area contributed by atoms with Crippen molar-refractivity contribution in [3.63, 3.8) is 0 Å². The Bertz CT molecular complexity index is 647. The summed E-state index contributed by atoms with van der Waals surface area (Å²) in [5.41, 5.74) is 2.86. The van der Waals surface area contributed by atoms with Gasteiger partial charge in [-0.2, -0.15) is 0 Å². The highest BCUT2D eigenvalue weighted by Crippen LogP contribution is 2.30. The molecule has 1 saturated heterocycles. The van der Waals surface area contributed by atoms with Crippen molar-refractivity contribution < 1.29 is 4.79 Å². The van der Waals surface area contributed by atoms with E-state index in [0.717, 1.165) is 35.2 Å². The summed E-state index contributed by atoms with van der Waals surface area (Å²) < 4.78 is 0. The van der Waals surface area contributed by atoms with Gasteiger partial charge in [0.15, 0.2) is 5.13 Å². The lowest BCUT2D eigenvalue weighted by atomic mass is 10.1. The molecule has 1 aromatic carbocycles. The fourth-order valence-corrected chi connectivity index (χ4v) is 3.52. The number of carbonyl (C=O) groups is 1. The minimum atomic E-state index is 0.0319. The van der Waals surface area contributed by atoms with Crippen molar-refractivity contribution in [3.05, 3.63) is 29.6 Å². The van der Waals surface area contributed by atoms with E-state index in [1.165, 1.54) is 19.3 Å². The van der Waals surface area contributed by atoms with E-state index >= 15 is 0 Å². The standard InChI is InChI=1S/C17H21N3OS/c1-2-16(21)18-14-8-6-7-13(11-14)15-12-22-17(19-15)20-9-4-3-5-10-20/h6-8,11-12H,2-5,9-10H2,1H3,(H,18,21). The Hall–Kier alpha value is -1.88. The predicted octanol–water partition coefficient (Wildman–Crippen LogP) is 4.15. The van der Waals surface area contributed by atoms with Crippen LogP contribution in [0.15, 0.2) is 29.6 Å². The lowest BCUT2D eigenvalue weighted by Gasteiger charge is -2.25. The normalized spacial score (nSPS) is 14.9. The van der Waals surface area contributed by atoms with Crippen LogP contribution in [0.4, 0.5) is 10.8 Å². The predicted molar refractivity (Wildman–Crippen MR) is 92.5 cm³/mol. The van der Waals surface area contributed by atoms with Gasteiger partial charge in [0.05, 0.1) is 5.69 Å². The van der Waals surface area contributed by atoms with Crippen molar-refractivity contribution in [2.45, 2.75) is 32.6 Å². The van der Waals surface area contributed by atoms with Gasteiger partial charge in [0.2, 0.25) is 5.91 Å². The van der Waals surface area contributed by atoms with Crippen molar-refractivity contribution in [2.75, 3.05) is 23.3 Å². The molecule has 1 aromatic heterocycles. The van der Waals surface area contributed by atoms with Crippen molar-refractivity contribution in [1.82, 2.24) is 4.98 Å². The Morgan fingerprint density at radius 2 is 2.14 bits per heavy atom. The van der Waals surface area contributed by atoms with Gasteiger partial charge < -0.3 is 10.2 Å². The Balaban J connectivity index is 1.77. The minimum absolute atomic E-state index is 0.0319. The second-order valence-electron chi connectivity index (χ2n) is 5.55. The summed E-state index contributed by atoms with van der Waals surface area (Å²) in [6, 6.07) is 7.90. The number of hydrogen-bond acceptors (Lipinski definition) is 4. The molecule has 2 aromatic rings. The zero-order chi connectivity index (χ0) is 15.4. The number of aromatic nitrogens is 1. The number of piperidine rings is 1. The first-order valence-electron chi connectivity index (χ1n) is 7.87. The molecule has 3 rings (SSSR count). The lowest BCUT2D eigenvalue weighted by Crippen LogP contribution is -2.29. The zero-order valence-corrected chi connectivity index (χ0v) is 13.7. The Morgan fingerprint density at radius 3 is 2.91 bits per heavy atom. The molecule has 0 bridgehead atoms. The summed E-state index contributed by atoms with van der Waals surface area (Å²) >= 11 is 1.70. The van der Waals surface area contributed by atoms with E-state index in [9.17, 15) is 4.79 Å². The maximum atomic E-state index is 11.5. The van der Waals surface area contributed by atoms with Gasteiger partial charge in [-0.15, -0.1) is 11.3 Å². The third-order valence-electron chi connectivity index (χ3n) is 3.88. The van der Waals surface area contributed by atoms with E-state index in [2.05, 4.69) is 15.6 Å². The molecule has 1 aliphatic heterocycles. The van der Waals surface area contributed by atoms with Gasteiger partial charge in [-0.1, -0.05) is 19.1 Å². The molecule has 0 unspecified atom stereocenters. The van der Waals surface area contributed by atoms with Crippen LogP contribution >= 0.6 is 11.3 Å². The average molecular weight is 315 g/mol. The first-order chi connectivity index (χ1) is 10.8. The molecule has 0 atom stereocenters. The number of benzene rings is 1. The van der Waals surface area contributed by atoms with E-state index in [4.69, 9.17) is 4.98 Å². The van der Waals surface area contributed by atoms with Crippen molar-refractivity contribution in [2.24, 2.45) is 0 Å². The second kappa shape index (κ2) is 6.92. The molecule has 1 amide bonds. The number of nitrogens with zero attached hydrogens (tertiary/aromatic N) is 2. The quantitative estimate of drug-likeness (QED) is 0.922. The number of nitrogens with one attached hydrogen (secondary N) is 1. The van der Waals surface area contributed by atoms with Crippen LogP contribution in [0, 0.1) is 0 Å². The molecule has 1 aliphatic rings. The van der Waals surface area contributed by atoms with Crippen LogP contribution in [0.1, 0.15) is 32.6 Å². The fraction of sp³-hybridized carbons (Fsp3) is 0.412. The van der Waals surface area contributed by atoms with E-state index in [1.807, 2.05) is 31.2 Å². The summed E-state index contributed by atoms with van der Waals surface area (Å²) in [6.45, 7) is 4.07. The molecule has 1 fully saturated rings. The van der Waals surface area contributed by atoms with Crippen LogP contribution in [0.3, 0.4) is 0 Å². The molecule has 116 valence electrons. The Kier molecular flexibility index (Phi) is 4.73. The topological polar surface area (TPSA) is 45.2 Å². The Morgan fingerprint density at radius 1 is 1.32 bits per heavy atom. The second-order valence-corrected chi connectivity index (χ2v) is 6.38. The zero-order valence-electron chi connectivity index (χ0n) is 12.8. The molecule has 22 heavy (non-hydrogen) atoms. The van der Waals surface area contributed by atoms with Crippen LogP contribution in [-0.2, 0) is 4.79 Å². The van der Waals surface area contributed by atoms with Crippen LogP contribution in [0.2, 0.25) is 0 Å². The number of thiazole rings is 1. The van der Waals surface area contributed by atoms with Crippen LogP contribution in [-0.4, -0.2) is 24.0 Å². The van der Waals surface area contributed by atoms with E-state index in [1.54, 1.807) is 11.3 Å². The first-order valence-corrected chi connectivity index (χ1v) is 8.75. The van der Waals surface area contributed by atoms with Gasteiger partial charge in [0.1, 0.15) is 0 Å². The lowest BCUT2D eigenvalue weighted by molar-refractivity contribution is -0.115. The molecule has 0 aliphatic carbocycles. The monoisotopic (exact) mass is 315 g/mol. The summed E-state index contributed by atoms with van der Waals surface area (Å²) in [4.78, 5) is 18.7. The Labute approximate surface area is 135 Å². The number of carbonyl (C=O) groups excluding carboxylic acids is 1. The maximum Gasteiger partial charge on any atom is 0.224 e. The van der Waals surface area contributed by atoms with Gasteiger partial charge in [0.25, 0.3) is 0 Å². The van der Waals surface area contributed by atoms with Gasteiger partial charge in [-0.05, 0) is 31.4 Å². The number of amides is 1. The molecule has 1 N–H and O–H groups in total. The van der Waals surface area contributed by atoms with E-state index < -0.39 is 0 Å². The fourth-order valence-electron chi connectivity index (χ4n) is 2.63. The molecular weight excluding hydrogens is 294 g/mol. The first kappa shape index (κ1) is 15.0. The highest BCUT2D eigenvalue weighted by molar-refractivity contribution is 7.14. The van der Waals surface area contributed by atoms with Crippen molar-refractivity contribution in [1.29, 1.82) is 0 Å². The van der Waals surface area contributed by atoms with Gasteiger partial charge in [-0.3, -0.25) is 4.79 Å². The molecule has 0 radical (unpaired) electrons. The molecule has 5 heteroatoms. The van der Waals surface area contributed by atoms with Crippen LogP contribution in [0.5, 0.6) is 0 Å². The third-order valence-corrected chi connectivity index (χ3v) is 4.78. The summed E-state index contributed by atoms with van der Waals surface area (Å²) in [7, 11) is 0. The SMILES string of the molecule is CCC(=O)Nc1cccc(-c2csc(N3CCCCC3)n2)c1. The largest absolute Gasteiger partial charge is 0.348 e. The number of rotatable bonds is 4. The average Bonchev–Trinajstić information content (AvgIpc) is 3.06. The summed E-state index contributed by atoms with van der Waals surface area (Å²) in [6.07, 6.45) is 4.33. The molecule has 4 nitrogen and oxygen atoms in total. The summed E-state index contributed by atoms with van der Waals surface area (Å²) in [5, 5.41) is 6.11. The number of hydrogen-bond donors (Lipinski definition) is 1. The number of anilines is 2. The molecular formula is C17H21N3OS. The van der Waals surface area contributed by atoms with Crippen LogP contribution < -0.4 is 10.2 Å². The van der Waals surface area contributed by atoms with Gasteiger partial charge in [0, 0.05) is 36.1 Å². The van der Waals surface area contributed by atoms with E-state index in [0.29, 0.717) is 6.42 Å².